The Morgan fingerprint density at radius 3 is 1.07 bits per heavy atom. The van der Waals surface area contributed by atoms with Gasteiger partial charge in [-0.1, -0.05) is 19.3 Å². The van der Waals surface area contributed by atoms with Gasteiger partial charge in [-0.05, 0) is 152 Å². The summed E-state index contributed by atoms with van der Waals surface area (Å²) in [5, 5.41) is 24.7. The van der Waals surface area contributed by atoms with E-state index in [9.17, 15) is 28.8 Å². The topological polar surface area (TPSA) is 225 Å². The SMILES string of the molecule is CNCCCCC(CC(=O)C(CCCCNC)NC)C(=O)NC(CCCCNC)C(=O)CC(CCCCNC)C(=O)NC(CCCCNC)C(=O)CCC(N)=O. The average Bonchev–Trinajstić information content (AvgIpc) is 3.18. The van der Waals surface area contributed by atoms with Crippen LogP contribution in [0.2, 0.25) is 0 Å². The molecule has 5 atom stereocenters. The highest BCUT2D eigenvalue weighted by atomic mass is 16.2. The number of amides is 3. The summed E-state index contributed by atoms with van der Waals surface area (Å²) in [6, 6.07) is -1.97. The van der Waals surface area contributed by atoms with Crippen LogP contribution in [-0.2, 0) is 28.8 Å². The number of rotatable bonds is 40. The Labute approximate surface area is 338 Å². The van der Waals surface area contributed by atoms with Crippen LogP contribution in [0.1, 0.15) is 122 Å². The lowest BCUT2D eigenvalue weighted by molar-refractivity contribution is -0.135. The van der Waals surface area contributed by atoms with Gasteiger partial charge in [0, 0.05) is 37.5 Å². The molecule has 0 spiro atoms. The lowest BCUT2D eigenvalue weighted by Crippen LogP contribution is -2.47. The van der Waals surface area contributed by atoms with Crippen LogP contribution < -0.4 is 48.3 Å². The number of carbonyl (C=O) groups excluding carboxylic acids is 6. The molecule has 0 saturated carbocycles. The predicted molar refractivity (Wildman–Crippen MR) is 225 cm³/mol. The summed E-state index contributed by atoms with van der Waals surface area (Å²) >= 11 is 0. The third-order valence-corrected chi connectivity index (χ3v) is 10.4. The van der Waals surface area contributed by atoms with Gasteiger partial charge in [-0.2, -0.15) is 0 Å². The van der Waals surface area contributed by atoms with Crippen LogP contribution in [0.4, 0.5) is 0 Å². The normalized spacial score (nSPS) is 14.0. The summed E-state index contributed by atoms with van der Waals surface area (Å²) in [4.78, 5) is 80.4. The number of hydrogen-bond donors (Lipinski definition) is 9. The molecule has 0 aliphatic carbocycles. The molecule has 3 amide bonds. The lowest BCUT2D eigenvalue weighted by Gasteiger charge is -2.26. The van der Waals surface area contributed by atoms with E-state index in [1.165, 1.54) is 0 Å². The van der Waals surface area contributed by atoms with Gasteiger partial charge in [-0.3, -0.25) is 28.8 Å². The number of Topliss-reactive ketones (excluding diaryl/α,β-unsaturated/α-hetero) is 3. The van der Waals surface area contributed by atoms with Gasteiger partial charge in [0.15, 0.2) is 17.3 Å². The monoisotopic (exact) mass is 796 g/mol. The zero-order chi connectivity index (χ0) is 42.0. The molecular formula is C41H81N9O6. The van der Waals surface area contributed by atoms with E-state index in [1.807, 2.05) is 35.2 Å². The molecule has 0 aromatic carbocycles. The van der Waals surface area contributed by atoms with Crippen molar-refractivity contribution in [2.75, 3.05) is 75.0 Å². The Kier molecular flexibility index (Phi) is 33.6. The number of primary amides is 1. The van der Waals surface area contributed by atoms with E-state index < -0.39 is 29.8 Å². The summed E-state index contributed by atoms with van der Waals surface area (Å²) in [6.07, 6.45) is 10.2. The molecule has 0 aliphatic heterocycles. The Hall–Kier alpha value is -2.82. The minimum absolute atomic E-state index is 0.00758. The van der Waals surface area contributed by atoms with E-state index >= 15 is 0 Å². The third kappa shape index (κ3) is 26.2. The van der Waals surface area contributed by atoms with Crippen molar-refractivity contribution < 1.29 is 28.8 Å². The minimum Gasteiger partial charge on any atom is -0.370 e. The first-order valence-corrected chi connectivity index (χ1v) is 21.4. The van der Waals surface area contributed by atoms with E-state index in [1.54, 1.807) is 7.05 Å². The molecule has 56 heavy (non-hydrogen) atoms. The van der Waals surface area contributed by atoms with Gasteiger partial charge < -0.3 is 48.3 Å². The molecule has 0 saturated heterocycles. The maximum absolute atomic E-state index is 14.2. The fraction of sp³-hybridized carbons (Fsp3) is 0.854. The summed E-state index contributed by atoms with van der Waals surface area (Å²) in [7, 11) is 11.1. The molecule has 0 bridgehead atoms. The Morgan fingerprint density at radius 1 is 0.411 bits per heavy atom. The molecule has 15 heteroatoms. The first kappa shape index (κ1) is 53.2. The quantitative estimate of drug-likeness (QED) is 0.0403. The second-order valence-corrected chi connectivity index (χ2v) is 15.1. The van der Waals surface area contributed by atoms with Gasteiger partial charge in [0.2, 0.25) is 17.7 Å². The van der Waals surface area contributed by atoms with E-state index in [-0.39, 0.29) is 60.9 Å². The highest BCUT2D eigenvalue weighted by molar-refractivity contribution is 5.96. The van der Waals surface area contributed by atoms with E-state index in [0.717, 1.165) is 77.7 Å². The minimum atomic E-state index is -0.821. The molecule has 0 aromatic rings. The first-order valence-electron chi connectivity index (χ1n) is 21.4. The highest BCUT2D eigenvalue weighted by Gasteiger charge is 2.32. The number of hydrogen-bond acceptors (Lipinski definition) is 12. The van der Waals surface area contributed by atoms with Crippen molar-refractivity contribution in [2.24, 2.45) is 17.6 Å². The molecule has 0 fully saturated rings. The Balaban J connectivity index is 6.28. The molecule has 0 aliphatic rings. The molecule has 0 rings (SSSR count). The maximum Gasteiger partial charge on any atom is 0.224 e. The van der Waals surface area contributed by atoms with Crippen LogP contribution in [0.15, 0.2) is 0 Å². The van der Waals surface area contributed by atoms with Gasteiger partial charge in [0.25, 0.3) is 0 Å². The molecule has 0 aromatic heterocycles. The van der Waals surface area contributed by atoms with Gasteiger partial charge in [-0.15, -0.1) is 0 Å². The van der Waals surface area contributed by atoms with Crippen LogP contribution in [-0.4, -0.2) is 128 Å². The van der Waals surface area contributed by atoms with Crippen molar-refractivity contribution in [2.45, 2.75) is 140 Å². The van der Waals surface area contributed by atoms with Crippen molar-refractivity contribution in [1.82, 2.24) is 42.5 Å². The second kappa shape index (κ2) is 35.4. The Morgan fingerprint density at radius 2 is 0.732 bits per heavy atom. The number of unbranched alkanes of at least 4 members (excludes halogenated alkanes) is 5. The predicted octanol–water partition coefficient (Wildman–Crippen LogP) is 1.48. The molecule has 15 nitrogen and oxygen atoms in total. The highest BCUT2D eigenvalue weighted by Crippen LogP contribution is 2.21. The van der Waals surface area contributed by atoms with Crippen LogP contribution in [0, 0.1) is 11.8 Å². The van der Waals surface area contributed by atoms with Crippen molar-refractivity contribution in [3.8, 4) is 0 Å². The second-order valence-electron chi connectivity index (χ2n) is 15.1. The summed E-state index contributed by atoms with van der Waals surface area (Å²) in [5.74, 6) is -3.07. The number of carbonyl (C=O) groups is 6. The maximum atomic E-state index is 14.2. The van der Waals surface area contributed by atoms with E-state index in [4.69, 9.17) is 5.73 Å². The zero-order valence-corrected chi connectivity index (χ0v) is 35.9. The molecule has 10 N–H and O–H groups in total. The first-order chi connectivity index (χ1) is 27.0. The third-order valence-electron chi connectivity index (χ3n) is 10.4. The van der Waals surface area contributed by atoms with Gasteiger partial charge >= 0.3 is 0 Å². The van der Waals surface area contributed by atoms with Crippen molar-refractivity contribution in [3.05, 3.63) is 0 Å². The van der Waals surface area contributed by atoms with Crippen molar-refractivity contribution in [3.63, 3.8) is 0 Å². The van der Waals surface area contributed by atoms with E-state index in [0.29, 0.717) is 51.4 Å². The molecule has 0 radical (unpaired) electrons. The summed E-state index contributed by atoms with van der Waals surface area (Å²) in [5.41, 5.74) is 5.32. The molecular weight excluding hydrogens is 715 g/mol. The fourth-order valence-corrected chi connectivity index (χ4v) is 6.85. The smallest absolute Gasteiger partial charge is 0.224 e. The summed E-state index contributed by atoms with van der Waals surface area (Å²) in [6.45, 7) is 3.94. The lowest BCUT2D eigenvalue weighted by atomic mass is 9.88. The molecule has 5 unspecified atom stereocenters. The van der Waals surface area contributed by atoms with Crippen molar-refractivity contribution in [1.29, 1.82) is 0 Å². The van der Waals surface area contributed by atoms with Crippen molar-refractivity contribution >= 4 is 35.1 Å². The number of nitrogens with two attached hydrogens (primary N) is 1. The zero-order valence-electron chi connectivity index (χ0n) is 35.9. The number of likely N-dealkylation sites (N-methyl/N-ethyl adjacent to an activating group) is 1. The van der Waals surface area contributed by atoms with Crippen LogP contribution >= 0.6 is 0 Å². The van der Waals surface area contributed by atoms with E-state index in [2.05, 4.69) is 42.5 Å². The molecule has 0 heterocycles. The van der Waals surface area contributed by atoms with Gasteiger partial charge in [0.1, 0.15) is 0 Å². The molecule has 326 valence electrons. The largest absolute Gasteiger partial charge is 0.370 e. The van der Waals surface area contributed by atoms with Gasteiger partial charge in [0.05, 0.1) is 18.1 Å². The number of nitrogens with one attached hydrogen (secondary N) is 8. The van der Waals surface area contributed by atoms with Gasteiger partial charge in [-0.25, -0.2) is 0 Å². The Bertz CT molecular complexity index is 1100. The number of ketones is 3. The van der Waals surface area contributed by atoms with Crippen LogP contribution in [0.25, 0.3) is 0 Å². The average molecular weight is 796 g/mol. The van der Waals surface area contributed by atoms with Crippen LogP contribution in [0.3, 0.4) is 0 Å². The summed E-state index contributed by atoms with van der Waals surface area (Å²) < 4.78 is 0. The fourth-order valence-electron chi connectivity index (χ4n) is 6.85. The van der Waals surface area contributed by atoms with Crippen LogP contribution in [0.5, 0.6) is 0 Å². The standard InChI is InChI=1S/C41H81N9O6/c1-43-24-12-7-17-31(29-37(52)33(48-6)19-9-14-26-45-3)41(56)50-35(21-11-16-28-47-5)38(53)30-32(18-8-13-25-44-2)40(55)49-34(20-10-15-27-46-4)36(51)22-23-39(42)54/h31-35,43-48H,7-30H2,1-6H3,(H2,42,54)(H,49,55)(H,50,56).